The molecule has 0 saturated heterocycles. The van der Waals surface area contributed by atoms with Crippen molar-refractivity contribution in [1.29, 1.82) is 0 Å². The molecule has 0 aliphatic heterocycles. The molecule has 0 aliphatic rings. The maximum Gasteiger partial charge on any atom is 0.222 e. The van der Waals surface area contributed by atoms with Gasteiger partial charge in [-0.15, -0.1) is 0 Å². The fourth-order valence-electron chi connectivity index (χ4n) is 1.31. The highest BCUT2D eigenvalue weighted by atomic mass is 79.9. The molecule has 98 valence electrons. The van der Waals surface area contributed by atoms with Crippen LogP contribution >= 0.6 is 15.9 Å². The second-order valence-electron chi connectivity index (χ2n) is 3.49. The molecule has 0 fully saturated rings. The van der Waals surface area contributed by atoms with Gasteiger partial charge in [-0.25, -0.2) is 0 Å². The van der Waals surface area contributed by atoms with Gasteiger partial charge in [0, 0.05) is 17.7 Å². The molecule has 4 heteroatoms. The van der Waals surface area contributed by atoms with Gasteiger partial charge in [-0.2, -0.15) is 0 Å². The number of ether oxygens (including phenoxy) is 2. The van der Waals surface area contributed by atoms with Crippen molar-refractivity contribution >= 4 is 15.9 Å². The molecule has 0 heterocycles. The molecule has 1 aromatic rings. The maximum atomic E-state index is 9.90. The van der Waals surface area contributed by atoms with Gasteiger partial charge in [0.2, 0.25) is 6.29 Å². The topological polar surface area (TPSA) is 38.7 Å². The summed E-state index contributed by atoms with van der Waals surface area (Å²) in [5, 5.41) is 9.90. The van der Waals surface area contributed by atoms with Crippen LogP contribution in [-0.2, 0) is 9.47 Å². The van der Waals surface area contributed by atoms with Crippen molar-refractivity contribution in [3.8, 4) is 11.8 Å². The Morgan fingerprint density at radius 3 is 2.17 bits per heavy atom. The van der Waals surface area contributed by atoms with E-state index in [0.29, 0.717) is 13.2 Å². The van der Waals surface area contributed by atoms with Crippen LogP contribution in [0.1, 0.15) is 25.5 Å². The van der Waals surface area contributed by atoms with Gasteiger partial charge in [0.1, 0.15) is 6.10 Å². The largest absolute Gasteiger partial charge is 0.376 e. The first-order valence-corrected chi connectivity index (χ1v) is 6.64. The molecule has 1 rings (SSSR count). The zero-order chi connectivity index (χ0) is 13.4. The third-order valence-electron chi connectivity index (χ3n) is 2.16. The summed E-state index contributed by atoms with van der Waals surface area (Å²) < 4.78 is 11.5. The summed E-state index contributed by atoms with van der Waals surface area (Å²) in [5.41, 5.74) is 0.748. The van der Waals surface area contributed by atoms with Crippen LogP contribution in [0.5, 0.6) is 0 Å². The number of rotatable bonds is 5. The van der Waals surface area contributed by atoms with E-state index in [4.69, 9.17) is 9.47 Å². The summed E-state index contributed by atoms with van der Waals surface area (Å²) in [4.78, 5) is 0. The Kier molecular flexibility index (Phi) is 6.99. The molecular formula is C14H17BrO3. The molecule has 1 N–H and O–H groups in total. The normalized spacial score (nSPS) is 12.1. The van der Waals surface area contributed by atoms with Crippen LogP contribution in [0.2, 0.25) is 0 Å². The number of hydrogen-bond donors (Lipinski definition) is 1. The lowest BCUT2D eigenvalue weighted by atomic mass is 10.1. The van der Waals surface area contributed by atoms with Crippen molar-refractivity contribution < 1.29 is 14.6 Å². The molecule has 0 radical (unpaired) electrons. The molecule has 3 nitrogen and oxygen atoms in total. The van der Waals surface area contributed by atoms with E-state index in [1.165, 1.54) is 0 Å². The quantitative estimate of drug-likeness (QED) is 0.671. The molecule has 0 aliphatic carbocycles. The minimum absolute atomic E-state index is 0.522. The van der Waals surface area contributed by atoms with E-state index >= 15 is 0 Å². The van der Waals surface area contributed by atoms with Gasteiger partial charge in [0.05, 0.1) is 0 Å². The minimum Gasteiger partial charge on any atom is -0.376 e. The lowest BCUT2D eigenvalue weighted by Crippen LogP contribution is -2.15. The van der Waals surface area contributed by atoms with Gasteiger partial charge < -0.3 is 14.6 Å². The second kappa shape index (κ2) is 8.28. The highest BCUT2D eigenvalue weighted by Crippen LogP contribution is 2.16. The lowest BCUT2D eigenvalue weighted by Gasteiger charge is -2.10. The van der Waals surface area contributed by atoms with E-state index in [-0.39, 0.29) is 0 Å². The van der Waals surface area contributed by atoms with Gasteiger partial charge in [-0.3, -0.25) is 0 Å². The van der Waals surface area contributed by atoms with E-state index in [2.05, 4.69) is 27.8 Å². The van der Waals surface area contributed by atoms with Crippen molar-refractivity contribution in [2.45, 2.75) is 26.2 Å². The van der Waals surface area contributed by atoms with Gasteiger partial charge in [0.25, 0.3) is 0 Å². The Hall–Kier alpha value is -0.860. The van der Waals surface area contributed by atoms with Crippen LogP contribution in [0.4, 0.5) is 0 Å². The zero-order valence-electron chi connectivity index (χ0n) is 10.5. The van der Waals surface area contributed by atoms with Crippen molar-refractivity contribution in [3.63, 3.8) is 0 Å². The molecule has 0 amide bonds. The second-order valence-corrected chi connectivity index (χ2v) is 4.40. The van der Waals surface area contributed by atoms with Crippen LogP contribution in [0.3, 0.4) is 0 Å². The Morgan fingerprint density at radius 2 is 1.67 bits per heavy atom. The van der Waals surface area contributed by atoms with Crippen molar-refractivity contribution in [1.82, 2.24) is 0 Å². The van der Waals surface area contributed by atoms with Crippen molar-refractivity contribution in [2.75, 3.05) is 13.2 Å². The molecule has 0 bridgehead atoms. The molecular weight excluding hydrogens is 296 g/mol. The van der Waals surface area contributed by atoms with Crippen LogP contribution < -0.4 is 0 Å². The summed E-state index contributed by atoms with van der Waals surface area (Å²) in [6.45, 7) is 4.79. The third kappa shape index (κ3) is 5.19. The number of aliphatic hydroxyl groups is 1. The summed E-state index contributed by atoms with van der Waals surface area (Å²) in [6, 6.07) is 7.37. The Labute approximate surface area is 116 Å². The minimum atomic E-state index is -0.832. The highest BCUT2D eigenvalue weighted by Gasteiger charge is 2.06. The third-order valence-corrected chi connectivity index (χ3v) is 2.69. The molecule has 0 saturated carbocycles. The van der Waals surface area contributed by atoms with Gasteiger partial charge >= 0.3 is 0 Å². The lowest BCUT2D eigenvalue weighted by molar-refractivity contribution is -0.0971. The zero-order valence-corrected chi connectivity index (χ0v) is 12.1. The maximum absolute atomic E-state index is 9.90. The van der Waals surface area contributed by atoms with Crippen molar-refractivity contribution in [3.05, 3.63) is 34.3 Å². The first-order chi connectivity index (χ1) is 8.67. The highest BCUT2D eigenvalue weighted by molar-refractivity contribution is 9.10. The average Bonchev–Trinajstić information content (AvgIpc) is 2.37. The van der Waals surface area contributed by atoms with Gasteiger partial charge in [0.15, 0.2) is 0 Å². The van der Waals surface area contributed by atoms with Crippen LogP contribution in [0.15, 0.2) is 28.7 Å². The fraction of sp³-hybridized carbons (Fsp3) is 0.429. The molecule has 1 aromatic carbocycles. The Morgan fingerprint density at radius 1 is 1.11 bits per heavy atom. The number of benzene rings is 1. The molecule has 1 unspecified atom stereocenters. The van der Waals surface area contributed by atoms with Gasteiger partial charge in [-0.1, -0.05) is 34.0 Å². The van der Waals surface area contributed by atoms with Crippen LogP contribution in [-0.4, -0.2) is 24.6 Å². The van der Waals surface area contributed by atoms with E-state index in [9.17, 15) is 5.11 Å². The standard InChI is InChI=1S/C14H17BrO3/c1-3-17-14(18-4-2)10-9-13(16)11-5-7-12(15)8-6-11/h5-8,13-14,16H,3-4H2,1-2H3. The number of aliphatic hydroxyl groups excluding tert-OH is 1. The molecule has 18 heavy (non-hydrogen) atoms. The van der Waals surface area contributed by atoms with E-state index < -0.39 is 12.4 Å². The summed E-state index contributed by atoms with van der Waals surface area (Å²) in [5.74, 6) is 5.51. The Bertz CT molecular complexity index is 399. The average molecular weight is 313 g/mol. The number of hydrogen-bond acceptors (Lipinski definition) is 3. The van der Waals surface area contributed by atoms with E-state index in [1.54, 1.807) is 0 Å². The summed E-state index contributed by atoms with van der Waals surface area (Å²) in [7, 11) is 0. The molecule has 0 aromatic heterocycles. The summed E-state index contributed by atoms with van der Waals surface area (Å²) >= 11 is 3.34. The first-order valence-electron chi connectivity index (χ1n) is 5.85. The predicted octanol–water partition coefficient (Wildman–Crippen LogP) is 2.89. The number of halogens is 1. The molecule has 1 atom stereocenters. The van der Waals surface area contributed by atoms with E-state index in [0.717, 1.165) is 10.0 Å². The Balaban J connectivity index is 2.67. The fourth-order valence-corrected chi connectivity index (χ4v) is 1.57. The smallest absolute Gasteiger partial charge is 0.222 e. The van der Waals surface area contributed by atoms with Gasteiger partial charge in [-0.05, 0) is 37.5 Å². The first kappa shape index (κ1) is 15.2. The van der Waals surface area contributed by atoms with Crippen LogP contribution in [0, 0.1) is 11.8 Å². The van der Waals surface area contributed by atoms with Crippen LogP contribution in [0.25, 0.3) is 0 Å². The van der Waals surface area contributed by atoms with E-state index in [1.807, 2.05) is 38.1 Å². The molecule has 0 spiro atoms. The predicted molar refractivity (Wildman–Crippen MR) is 73.9 cm³/mol. The van der Waals surface area contributed by atoms with Crippen molar-refractivity contribution in [2.24, 2.45) is 0 Å². The summed E-state index contributed by atoms with van der Waals surface area (Å²) in [6.07, 6.45) is -1.41. The SMILES string of the molecule is CCOC(C#CC(O)c1ccc(Br)cc1)OCC. The monoisotopic (exact) mass is 312 g/mol.